The summed E-state index contributed by atoms with van der Waals surface area (Å²) in [4.78, 5) is 28.1. The van der Waals surface area contributed by atoms with Crippen LogP contribution in [0.4, 0.5) is 0 Å². The molecule has 1 aromatic rings. The zero-order valence-electron chi connectivity index (χ0n) is 20.3. The van der Waals surface area contributed by atoms with Gasteiger partial charge in [0.2, 0.25) is 15.9 Å². The maximum Gasteiger partial charge on any atom is 0.251 e. The van der Waals surface area contributed by atoms with Crippen LogP contribution < -0.4 is 10.6 Å². The van der Waals surface area contributed by atoms with Crippen molar-refractivity contribution in [1.82, 2.24) is 19.8 Å². The van der Waals surface area contributed by atoms with Gasteiger partial charge in [0.05, 0.1) is 18.1 Å². The number of nitrogens with zero attached hydrogens (tertiary/aromatic N) is 2. The maximum absolute atomic E-state index is 12.9. The van der Waals surface area contributed by atoms with Gasteiger partial charge in [-0.15, -0.1) is 0 Å². The Morgan fingerprint density at radius 1 is 1.12 bits per heavy atom. The van der Waals surface area contributed by atoms with E-state index in [0.29, 0.717) is 19.8 Å². The summed E-state index contributed by atoms with van der Waals surface area (Å²) >= 11 is 0. The third-order valence-electron chi connectivity index (χ3n) is 5.95. The molecule has 0 bridgehead atoms. The lowest BCUT2D eigenvalue weighted by Crippen LogP contribution is -2.52. The predicted octanol–water partition coefficient (Wildman–Crippen LogP) is 1.31. The Hall–Kier alpha value is -2.01. The Labute approximate surface area is 197 Å². The zero-order valence-corrected chi connectivity index (χ0v) is 21.2. The standard InChI is InChI=1S/C23H38N4O5S/c1-6-26(7-2)18(5)16-24-23(29)21(17(3)4)25-22(28)19-9-8-10-20(15-19)33(30,31)27-11-13-32-14-12-27/h8-10,15,17-18,21H,6-7,11-14,16H2,1-5H3,(H,24,29)(H,25,28). The van der Waals surface area contributed by atoms with Crippen molar-refractivity contribution < 1.29 is 22.7 Å². The van der Waals surface area contributed by atoms with E-state index in [2.05, 4.69) is 36.3 Å². The van der Waals surface area contributed by atoms with Crippen LogP contribution in [-0.4, -0.2) is 87.5 Å². The fourth-order valence-electron chi connectivity index (χ4n) is 3.83. The molecule has 2 rings (SSSR count). The Bertz CT molecular complexity index is 896. The Morgan fingerprint density at radius 3 is 2.33 bits per heavy atom. The Morgan fingerprint density at radius 2 is 1.76 bits per heavy atom. The Balaban J connectivity index is 2.09. The maximum atomic E-state index is 12.9. The summed E-state index contributed by atoms with van der Waals surface area (Å²) in [7, 11) is -3.72. The molecule has 10 heteroatoms. The molecule has 9 nitrogen and oxygen atoms in total. The van der Waals surface area contributed by atoms with E-state index in [4.69, 9.17) is 4.74 Å². The molecule has 0 spiro atoms. The van der Waals surface area contributed by atoms with Gasteiger partial charge in [-0.1, -0.05) is 33.8 Å². The number of carbonyl (C=O) groups is 2. The number of rotatable bonds is 11. The van der Waals surface area contributed by atoms with E-state index in [1.807, 2.05) is 13.8 Å². The Kier molecular flexibility index (Phi) is 10.3. The topological polar surface area (TPSA) is 108 Å². The second-order valence-electron chi connectivity index (χ2n) is 8.55. The van der Waals surface area contributed by atoms with E-state index in [1.165, 1.54) is 16.4 Å². The number of hydrogen-bond acceptors (Lipinski definition) is 6. The third kappa shape index (κ3) is 7.23. The van der Waals surface area contributed by atoms with E-state index in [1.54, 1.807) is 12.1 Å². The molecule has 33 heavy (non-hydrogen) atoms. The van der Waals surface area contributed by atoms with Gasteiger partial charge in [-0.25, -0.2) is 8.42 Å². The molecule has 2 N–H and O–H groups in total. The molecule has 0 saturated carbocycles. The molecule has 186 valence electrons. The van der Waals surface area contributed by atoms with Crippen LogP contribution in [0.3, 0.4) is 0 Å². The molecule has 1 aliphatic heterocycles. The van der Waals surface area contributed by atoms with Crippen LogP contribution in [0, 0.1) is 5.92 Å². The normalized spacial score (nSPS) is 17.1. The van der Waals surface area contributed by atoms with Crippen molar-refractivity contribution >= 4 is 21.8 Å². The molecule has 1 heterocycles. The van der Waals surface area contributed by atoms with Crippen LogP contribution in [0.5, 0.6) is 0 Å². The first-order chi connectivity index (χ1) is 15.6. The van der Waals surface area contributed by atoms with E-state index in [-0.39, 0.29) is 41.4 Å². The molecule has 1 aromatic carbocycles. The quantitative estimate of drug-likeness (QED) is 0.492. The van der Waals surface area contributed by atoms with Gasteiger partial charge in [0.25, 0.3) is 5.91 Å². The second kappa shape index (κ2) is 12.5. The first-order valence-electron chi connectivity index (χ1n) is 11.6. The van der Waals surface area contributed by atoms with E-state index in [9.17, 15) is 18.0 Å². The summed E-state index contributed by atoms with van der Waals surface area (Å²) < 4.78 is 32.4. The summed E-state index contributed by atoms with van der Waals surface area (Å²) in [5.74, 6) is -0.882. The molecule has 0 aromatic heterocycles. The highest BCUT2D eigenvalue weighted by Crippen LogP contribution is 2.18. The average Bonchev–Trinajstić information content (AvgIpc) is 2.82. The highest BCUT2D eigenvalue weighted by Gasteiger charge is 2.28. The van der Waals surface area contributed by atoms with Crippen LogP contribution in [0.25, 0.3) is 0 Å². The molecule has 2 atom stereocenters. The van der Waals surface area contributed by atoms with Crippen molar-refractivity contribution in [2.24, 2.45) is 5.92 Å². The molecule has 0 aliphatic carbocycles. The summed E-state index contributed by atoms with van der Waals surface area (Å²) in [5.41, 5.74) is 0.194. The van der Waals surface area contributed by atoms with Gasteiger partial charge in [-0.2, -0.15) is 4.31 Å². The predicted molar refractivity (Wildman–Crippen MR) is 128 cm³/mol. The number of benzene rings is 1. The highest BCUT2D eigenvalue weighted by atomic mass is 32.2. The summed E-state index contributed by atoms with van der Waals surface area (Å²) in [6.45, 7) is 13.4. The van der Waals surface area contributed by atoms with Crippen LogP contribution in [-0.2, 0) is 19.6 Å². The van der Waals surface area contributed by atoms with Gasteiger partial charge in [-0.3, -0.25) is 14.5 Å². The lowest BCUT2D eigenvalue weighted by molar-refractivity contribution is -0.124. The number of carbonyl (C=O) groups excluding carboxylic acids is 2. The second-order valence-corrected chi connectivity index (χ2v) is 10.5. The lowest BCUT2D eigenvalue weighted by Gasteiger charge is -2.28. The van der Waals surface area contributed by atoms with E-state index in [0.717, 1.165) is 13.1 Å². The lowest BCUT2D eigenvalue weighted by atomic mass is 10.0. The minimum Gasteiger partial charge on any atom is -0.379 e. The van der Waals surface area contributed by atoms with Gasteiger partial charge in [0.15, 0.2) is 0 Å². The molecule has 1 fully saturated rings. The van der Waals surface area contributed by atoms with Crippen LogP contribution in [0.15, 0.2) is 29.2 Å². The number of nitrogens with one attached hydrogen (secondary N) is 2. The van der Waals surface area contributed by atoms with Crippen molar-refractivity contribution in [3.05, 3.63) is 29.8 Å². The van der Waals surface area contributed by atoms with Crippen LogP contribution in [0.2, 0.25) is 0 Å². The summed E-state index contributed by atoms with van der Waals surface area (Å²) in [6, 6.07) is 5.36. The van der Waals surface area contributed by atoms with E-state index < -0.39 is 22.0 Å². The van der Waals surface area contributed by atoms with Gasteiger partial charge >= 0.3 is 0 Å². The fourth-order valence-corrected chi connectivity index (χ4v) is 5.28. The monoisotopic (exact) mass is 482 g/mol. The molecule has 1 saturated heterocycles. The summed E-state index contributed by atoms with van der Waals surface area (Å²) in [6.07, 6.45) is 0. The van der Waals surface area contributed by atoms with Gasteiger partial charge < -0.3 is 15.4 Å². The largest absolute Gasteiger partial charge is 0.379 e. The van der Waals surface area contributed by atoms with Crippen molar-refractivity contribution in [3.63, 3.8) is 0 Å². The first kappa shape index (κ1) is 27.2. The molecular weight excluding hydrogens is 444 g/mol. The molecule has 0 radical (unpaired) electrons. The third-order valence-corrected chi connectivity index (χ3v) is 7.84. The number of hydrogen-bond donors (Lipinski definition) is 2. The number of sulfonamides is 1. The smallest absolute Gasteiger partial charge is 0.251 e. The van der Waals surface area contributed by atoms with Crippen molar-refractivity contribution in [2.75, 3.05) is 45.9 Å². The van der Waals surface area contributed by atoms with Gasteiger partial charge in [0, 0.05) is 31.2 Å². The van der Waals surface area contributed by atoms with Crippen LogP contribution in [0.1, 0.15) is 45.0 Å². The molecular formula is C23H38N4O5S. The molecule has 2 unspecified atom stereocenters. The van der Waals surface area contributed by atoms with E-state index >= 15 is 0 Å². The zero-order chi connectivity index (χ0) is 24.6. The van der Waals surface area contributed by atoms with Gasteiger partial charge in [-0.05, 0) is 44.1 Å². The van der Waals surface area contributed by atoms with Crippen molar-refractivity contribution in [1.29, 1.82) is 0 Å². The summed E-state index contributed by atoms with van der Waals surface area (Å²) in [5, 5.41) is 5.72. The first-order valence-corrected chi connectivity index (χ1v) is 13.1. The molecule has 2 amide bonds. The van der Waals surface area contributed by atoms with Crippen molar-refractivity contribution in [2.45, 2.75) is 51.6 Å². The minimum absolute atomic E-state index is 0.0515. The fraction of sp³-hybridized carbons (Fsp3) is 0.652. The average molecular weight is 483 g/mol. The van der Waals surface area contributed by atoms with Crippen molar-refractivity contribution in [3.8, 4) is 0 Å². The number of morpholine rings is 1. The number of likely N-dealkylation sites (N-methyl/N-ethyl adjacent to an activating group) is 1. The van der Waals surface area contributed by atoms with Gasteiger partial charge in [0.1, 0.15) is 6.04 Å². The molecule has 1 aliphatic rings. The number of amides is 2. The number of ether oxygens (including phenoxy) is 1. The highest BCUT2D eigenvalue weighted by molar-refractivity contribution is 7.89. The minimum atomic E-state index is -3.72. The SMILES string of the molecule is CCN(CC)C(C)CNC(=O)C(NC(=O)c1cccc(S(=O)(=O)N2CCOCC2)c1)C(C)C. The van der Waals surface area contributed by atoms with Crippen LogP contribution >= 0.6 is 0 Å².